The van der Waals surface area contributed by atoms with E-state index in [1.807, 2.05) is 34.9 Å². The molecule has 2 N–H and O–H groups in total. The molecule has 7 heteroatoms. The molecular weight excluding hydrogens is 322 g/mol. The number of amides is 1. The van der Waals surface area contributed by atoms with Crippen molar-refractivity contribution in [3.8, 4) is 11.3 Å². The molecule has 0 aliphatic heterocycles. The second-order valence-corrected chi connectivity index (χ2v) is 6.11. The molecule has 0 saturated heterocycles. The number of imidazole rings is 1. The average Bonchev–Trinajstić information content (AvgIpc) is 3.08. The third-order valence-corrected chi connectivity index (χ3v) is 4.62. The summed E-state index contributed by atoms with van der Waals surface area (Å²) in [7, 11) is 1.34. The van der Waals surface area contributed by atoms with Gasteiger partial charge in [0.05, 0.1) is 31.2 Å². The molecule has 0 unspecified atom stereocenters. The maximum absolute atomic E-state index is 11.7. The van der Waals surface area contributed by atoms with Gasteiger partial charge in [0.25, 0.3) is 0 Å². The normalized spacial score (nSPS) is 20.0. The number of alkyl carbamates (subject to hydrolysis) is 1. The van der Waals surface area contributed by atoms with Crippen LogP contribution >= 0.6 is 0 Å². The van der Waals surface area contributed by atoms with E-state index in [4.69, 9.17) is 4.74 Å². The lowest BCUT2D eigenvalue weighted by Gasteiger charge is -2.33. The van der Waals surface area contributed by atoms with Crippen LogP contribution in [0.5, 0.6) is 0 Å². The predicted molar refractivity (Wildman–Crippen MR) is 91.5 cm³/mol. The monoisotopic (exact) mass is 343 g/mol. The van der Waals surface area contributed by atoms with Crippen molar-refractivity contribution in [2.45, 2.75) is 37.8 Å². The van der Waals surface area contributed by atoms with Crippen LogP contribution in [0.4, 0.5) is 4.79 Å². The third-order valence-electron chi connectivity index (χ3n) is 4.62. The van der Waals surface area contributed by atoms with Crippen molar-refractivity contribution >= 4 is 12.1 Å². The van der Waals surface area contributed by atoms with Crippen LogP contribution in [0.2, 0.25) is 0 Å². The van der Waals surface area contributed by atoms with Crippen molar-refractivity contribution < 1.29 is 19.4 Å². The van der Waals surface area contributed by atoms with Crippen LogP contribution in [0.1, 0.15) is 42.2 Å². The maximum atomic E-state index is 11.7. The first-order valence-electron chi connectivity index (χ1n) is 8.32. The van der Waals surface area contributed by atoms with Crippen molar-refractivity contribution in [1.82, 2.24) is 14.9 Å². The number of methoxy groups -OCH3 is 1. The van der Waals surface area contributed by atoms with Crippen molar-refractivity contribution in [2.75, 3.05) is 7.11 Å². The van der Waals surface area contributed by atoms with Gasteiger partial charge in [0.15, 0.2) is 5.69 Å². The van der Waals surface area contributed by atoms with Gasteiger partial charge in [0, 0.05) is 5.56 Å². The Kier molecular flexibility index (Phi) is 5.02. The Morgan fingerprint density at radius 3 is 2.64 bits per heavy atom. The minimum absolute atomic E-state index is 0.0218. The predicted octanol–water partition coefficient (Wildman–Crippen LogP) is 3.09. The number of aromatic carboxylic acids is 1. The molecule has 2 aromatic rings. The molecule has 1 saturated carbocycles. The standard InChI is InChI=1S/C18H21N3O4/c1-25-18(24)20-13-9-5-6-10-14(13)21-11-19-15(17(22)23)16(21)12-7-3-2-4-8-12/h2-4,7-8,11,13-14H,5-6,9-10H2,1H3,(H,20,24)(H,22,23)/t13-,14-/m0/s1. The van der Waals surface area contributed by atoms with Gasteiger partial charge in [-0.2, -0.15) is 0 Å². The van der Waals surface area contributed by atoms with Crippen LogP contribution in [0.15, 0.2) is 36.7 Å². The van der Waals surface area contributed by atoms with Gasteiger partial charge in [0.1, 0.15) is 0 Å². The molecule has 1 amide bonds. The molecule has 1 aromatic carbocycles. The molecule has 1 heterocycles. The number of hydrogen-bond donors (Lipinski definition) is 2. The van der Waals surface area contributed by atoms with Gasteiger partial charge in [0.2, 0.25) is 0 Å². The molecule has 0 radical (unpaired) electrons. The number of benzene rings is 1. The summed E-state index contributed by atoms with van der Waals surface area (Å²) in [6.07, 6.45) is 4.76. The Labute approximate surface area is 145 Å². The number of carbonyl (C=O) groups excluding carboxylic acids is 1. The Hall–Kier alpha value is -2.83. The number of carbonyl (C=O) groups is 2. The lowest BCUT2D eigenvalue weighted by atomic mass is 9.89. The summed E-state index contributed by atoms with van der Waals surface area (Å²) >= 11 is 0. The van der Waals surface area contributed by atoms with Gasteiger partial charge in [-0.3, -0.25) is 0 Å². The summed E-state index contributed by atoms with van der Waals surface area (Å²) in [5.74, 6) is -1.06. The summed E-state index contributed by atoms with van der Waals surface area (Å²) in [5.41, 5.74) is 1.38. The number of nitrogens with zero attached hydrogens (tertiary/aromatic N) is 2. The molecule has 1 fully saturated rings. The van der Waals surface area contributed by atoms with E-state index in [1.54, 1.807) is 6.33 Å². The number of hydrogen-bond acceptors (Lipinski definition) is 4. The Morgan fingerprint density at radius 2 is 1.96 bits per heavy atom. The molecule has 2 atom stereocenters. The van der Waals surface area contributed by atoms with Crippen LogP contribution in [-0.2, 0) is 4.74 Å². The highest BCUT2D eigenvalue weighted by molar-refractivity contribution is 5.93. The SMILES string of the molecule is COC(=O)N[C@H]1CCCC[C@@H]1n1cnc(C(=O)O)c1-c1ccccc1. The summed E-state index contributed by atoms with van der Waals surface area (Å²) in [6, 6.07) is 9.15. The molecule has 1 aromatic heterocycles. The minimum atomic E-state index is -1.06. The average molecular weight is 343 g/mol. The van der Waals surface area contributed by atoms with Crippen molar-refractivity contribution in [3.05, 3.63) is 42.4 Å². The fraction of sp³-hybridized carbons (Fsp3) is 0.389. The quantitative estimate of drug-likeness (QED) is 0.890. The first-order valence-corrected chi connectivity index (χ1v) is 8.32. The van der Waals surface area contributed by atoms with Crippen molar-refractivity contribution in [2.24, 2.45) is 0 Å². The van der Waals surface area contributed by atoms with Gasteiger partial charge in [-0.05, 0) is 12.8 Å². The number of carboxylic acids is 1. The highest BCUT2D eigenvalue weighted by Crippen LogP contribution is 2.34. The van der Waals surface area contributed by atoms with E-state index in [1.165, 1.54) is 7.11 Å². The number of rotatable bonds is 4. The molecule has 7 nitrogen and oxygen atoms in total. The van der Waals surface area contributed by atoms with Crippen LogP contribution in [0.3, 0.4) is 0 Å². The number of aromatic nitrogens is 2. The second-order valence-electron chi connectivity index (χ2n) is 6.11. The van der Waals surface area contributed by atoms with E-state index in [2.05, 4.69) is 10.3 Å². The van der Waals surface area contributed by atoms with Crippen LogP contribution in [0, 0.1) is 0 Å². The zero-order chi connectivity index (χ0) is 17.8. The molecule has 0 spiro atoms. The summed E-state index contributed by atoms with van der Waals surface area (Å²) in [6.45, 7) is 0. The van der Waals surface area contributed by atoms with E-state index in [-0.39, 0.29) is 17.8 Å². The van der Waals surface area contributed by atoms with Crippen molar-refractivity contribution in [3.63, 3.8) is 0 Å². The van der Waals surface area contributed by atoms with E-state index >= 15 is 0 Å². The number of nitrogens with one attached hydrogen (secondary N) is 1. The lowest BCUT2D eigenvalue weighted by Crippen LogP contribution is -2.43. The van der Waals surface area contributed by atoms with Gasteiger partial charge in [-0.1, -0.05) is 43.2 Å². The fourth-order valence-electron chi connectivity index (χ4n) is 3.47. The van der Waals surface area contributed by atoms with Crippen LogP contribution < -0.4 is 5.32 Å². The Bertz CT molecular complexity index is 757. The zero-order valence-electron chi connectivity index (χ0n) is 14.0. The van der Waals surface area contributed by atoms with E-state index in [0.29, 0.717) is 5.69 Å². The zero-order valence-corrected chi connectivity index (χ0v) is 14.0. The highest BCUT2D eigenvalue weighted by Gasteiger charge is 2.31. The Morgan fingerprint density at radius 1 is 1.24 bits per heavy atom. The summed E-state index contributed by atoms with van der Waals surface area (Å²) < 4.78 is 6.61. The van der Waals surface area contributed by atoms with Crippen LogP contribution in [0.25, 0.3) is 11.3 Å². The van der Waals surface area contributed by atoms with Gasteiger partial charge >= 0.3 is 12.1 Å². The van der Waals surface area contributed by atoms with E-state index in [0.717, 1.165) is 31.2 Å². The maximum Gasteiger partial charge on any atom is 0.407 e. The van der Waals surface area contributed by atoms with Crippen molar-refractivity contribution in [1.29, 1.82) is 0 Å². The summed E-state index contributed by atoms with van der Waals surface area (Å²) in [4.78, 5) is 27.4. The fourth-order valence-corrected chi connectivity index (χ4v) is 3.47. The largest absolute Gasteiger partial charge is 0.476 e. The van der Waals surface area contributed by atoms with E-state index < -0.39 is 12.1 Å². The molecule has 132 valence electrons. The molecule has 25 heavy (non-hydrogen) atoms. The van der Waals surface area contributed by atoms with Gasteiger partial charge in [-0.25, -0.2) is 14.6 Å². The lowest BCUT2D eigenvalue weighted by molar-refractivity contribution is 0.0691. The first-order chi connectivity index (χ1) is 12.1. The second kappa shape index (κ2) is 7.38. The molecule has 1 aliphatic carbocycles. The number of ether oxygens (including phenoxy) is 1. The van der Waals surface area contributed by atoms with Gasteiger partial charge in [-0.15, -0.1) is 0 Å². The third kappa shape index (κ3) is 3.50. The van der Waals surface area contributed by atoms with Crippen LogP contribution in [-0.4, -0.2) is 39.9 Å². The molecular formula is C18H21N3O4. The molecule has 1 aliphatic rings. The van der Waals surface area contributed by atoms with Gasteiger partial charge < -0.3 is 19.7 Å². The summed E-state index contributed by atoms with van der Waals surface area (Å²) in [5, 5.41) is 12.4. The first kappa shape index (κ1) is 17.0. The smallest absolute Gasteiger partial charge is 0.407 e. The molecule has 3 rings (SSSR count). The topological polar surface area (TPSA) is 93.5 Å². The highest BCUT2D eigenvalue weighted by atomic mass is 16.5. The number of carboxylic acid groups (broad SMARTS) is 1. The molecule has 0 bridgehead atoms. The van der Waals surface area contributed by atoms with E-state index in [9.17, 15) is 14.7 Å². The Balaban J connectivity index is 2.03. The minimum Gasteiger partial charge on any atom is -0.476 e.